The summed E-state index contributed by atoms with van der Waals surface area (Å²) < 4.78 is 6.08. The Balaban J connectivity index is 1.73. The fourth-order valence-corrected chi connectivity index (χ4v) is 4.71. The van der Waals surface area contributed by atoms with Crippen molar-refractivity contribution in [2.24, 2.45) is 5.73 Å². The Morgan fingerprint density at radius 3 is 2.86 bits per heavy atom. The molecule has 0 aromatic heterocycles. The second-order valence-electron chi connectivity index (χ2n) is 7.64. The van der Waals surface area contributed by atoms with Gasteiger partial charge in [0.1, 0.15) is 0 Å². The van der Waals surface area contributed by atoms with Crippen LogP contribution in [0.5, 0.6) is 0 Å². The number of nitrogens with two attached hydrogens (primary N) is 1. The van der Waals surface area contributed by atoms with Gasteiger partial charge in [0, 0.05) is 44.4 Å². The van der Waals surface area contributed by atoms with E-state index in [1.54, 1.807) is 0 Å². The molecule has 21 heavy (non-hydrogen) atoms. The van der Waals surface area contributed by atoms with Gasteiger partial charge in [0.05, 0.1) is 5.60 Å². The molecule has 3 unspecified atom stereocenters. The maximum atomic E-state index is 6.30. The predicted octanol–water partition coefficient (Wildman–Crippen LogP) is 1.83. The van der Waals surface area contributed by atoms with Gasteiger partial charge in [-0.15, -0.1) is 0 Å². The van der Waals surface area contributed by atoms with Gasteiger partial charge in [0.25, 0.3) is 0 Å². The zero-order chi connectivity index (χ0) is 14.9. The molecule has 0 amide bonds. The van der Waals surface area contributed by atoms with E-state index in [2.05, 4.69) is 23.6 Å². The van der Waals surface area contributed by atoms with Crippen molar-refractivity contribution < 1.29 is 4.74 Å². The molecule has 3 saturated heterocycles. The summed E-state index contributed by atoms with van der Waals surface area (Å²) in [6.45, 7) is 11.1. The SMILES string of the molecule is CCC1(C)CC(CN)(N2CCN3CCCCC3C2)CCO1. The van der Waals surface area contributed by atoms with Crippen molar-refractivity contribution in [3.05, 3.63) is 0 Å². The summed E-state index contributed by atoms with van der Waals surface area (Å²) >= 11 is 0. The van der Waals surface area contributed by atoms with E-state index in [1.807, 2.05) is 0 Å². The highest BCUT2D eigenvalue weighted by Crippen LogP contribution is 2.39. The van der Waals surface area contributed by atoms with Gasteiger partial charge < -0.3 is 10.5 Å². The number of ether oxygens (including phenoxy) is 1. The third kappa shape index (κ3) is 3.00. The van der Waals surface area contributed by atoms with Crippen molar-refractivity contribution in [2.75, 3.05) is 39.3 Å². The number of rotatable bonds is 3. The summed E-state index contributed by atoms with van der Waals surface area (Å²) in [5, 5.41) is 0. The van der Waals surface area contributed by atoms with Crippen LogP contribution in [0, 0.1) is 0 Å². The Bertz CT molecular complexity index is 364. The molecule has 3 fully saturated rings. The minimum absolute atomic E-state index is 0.0152. The predicted molar refractivity (Wildman–Crippen MR) is 86.5 cm³/mol. The average molecular weight is 295 g/mol. The van der Waals surface area contributed by atoms with E-state index in [4.69, 9.17) is 10.5 Å². The summed E-state index contributed by atoms with van der Waals surface area (Å²) in [6.07, 6.45) is 7.45. The topological polar surface area (TPSA) is 41.7 Å². The molecule has 122 valence electrons. The van der Waals surface area contributed by atoms with Gasteiger partial charge in [-0.05, 0) is 45.6 Å². The van der Waals surface area contributed by atoms with E-state index in [9.17, 15) is 0 Å². The van der Waals surface area contributed by atoms with Gasteiger partial charge in [-0.2, -0.15) is 0 Å². The first-order valence-corrected chi connectivity index (χ1v) is 8.94. The Hall–Kier alpha value is -0.160. The van der Waals surface area contributed by atoms with E-state index in [-0.39, 0.29) is 11.1 Å². The summed E-state index contributed by atoms with van der Waals surface area (Å²) in [7, 11) is 0. The molecule has 2 N–H and O–H groups in total. The smallest absolute Gasteiger partial charge is 0.0670 e. The van der Waals surface area contributed by atoms with E-state index in [1.165, 1.54) is 45.4 Å². The zero-order valence-corrected chi connectivity index (χ0v) is 13.9. The normalized spacial score (nSPS) is 42.7. The highest BCUT2D eigenvalue weighted by Gasteiger charge is 2.47. The molecular formula is C17H33N3O. The number of hydrogen-bond donors (Lipinski definition) is 1. The second-order valence-corrected chi connectivity index (χ2v) is 7.64. The van der Waals surface area contributed by atoms with Crippen molar-refractivity contribution in [3.63, 3.8) is 0 Å². The Morgan fingerprint density at radius 1 is 1.24 bits per heavy atom. The molecule has 0 aromatic carbocycles. The lowest BCUT2D eigenvalue weighted by Gasteiger charge is -2.55. The van der Waals surface area contributed by atoms with Gasteiger partial charge in [0.15, 0.2) is 0 Å². The van der Waals surface area contributed by atoms with E-state index in [0.717, 1.165) is 38.5 Å². The van der Waals surface area contributed by atoms with Crippen molar-refractivity contribution in [3.8, 4) is 0 Å². The van der Waals surface area contributed by atoms with Crippen LogP contribution in [-0.2, 0) is 4.74 Å². The lowest BCUT2D eigenvalue weighted by atomic mass is 9.77. The summed E-state index contributed by atoms with van der Waals surface area (Å²) in [5.41, 5.74) is 6.49. The Kier molecular flexibility index (Phi) is 4.60. The van der Waals surface area contributed by atoms with E-state index >= 15 is 0 Å². The van der Waals surface area contributed by atoms with Crippen LogP contribution < -0.4 is 5.73 Å². The average Bonchev–Trinajstić information content (AvgIpc) is 2.54. The molecule has 3 aliphatic heterocycles. The Labute approximate surface area is 130 Å². The van der Waals surface area contributed by atoms with Crippen LogP contribution in [0.1, 0.15) is 52.4 Å². The first kappa shape index (κ1) is 15.7. The van der Waals surface area contributed by atoms with Crippen molar-refractivity contribution >= 4 is 0 Å². The van der Waals surface area contributed by atoms with Crippen LogP contribution in [0.4, 0.5) is 0 Å². The number of hydrogen-bond acceptors (Lipinski definition) is 4. The second kappa shape index (κ2) is 6.15. The number of nitrogens with zero attached hydrogens (tertiary/aromatic N) is 2. The fraction of sp³-hybridized carbons (Fsp3) is 1.00. The molecule has 0 aromatic rings. The van der Waals surface area contributed by atoms with Gasteiger partial charge in [-0.25, -0.2) is 0 Å². The van der Waals surface area contributed by atoms with Crippen LogP contribution >= 0.6 is 0 Å². The van der Waals surface area contributed by atoms with Crippen molar-refractivity contribution in [1.82, 2.24) is 9.80 Å². The molecule has 0 saturated carbocycles. The van der Waals surface area contributed by atoms with Crippen molar-refractivity contribution in [1.29, 1.82) is 0 Å². The molecular weight excluding hydrogens is 262 g/mol. The minimum atomic E-state index is 0.0152. The van der Waals surface area contributed by atoms with Crippen molar-refractivity contribution in [2.45, 2.75) is 69.6 Å². The Morgan fingerprint density at radius 2 is 2.10 bits per heavy atom. The molecule has 3 atom stereocenters. The van der Waals surface area contributed by atoms with Crippen LogP contribution in [0.3, 0.4) is 0 Å². The highest BCUT2D eigenvalue weighted by atomic mass is 16.5. The van der Waals surface area contributed by atoms with Crippen LogP contribution in [0.25, 0.3) is 0 Å². The van der Waals surface area contributed by atoms with Crippen LogP contribution in [0.15, 0.2) is 0 Å². The first-order valence-electron chi connectivity index (χ1n) is 8.94. The molecule has 0 spiro atoms. The summed E-state index contributed by atoms with van der Waals surface area (Å²) in [4.78, 5) is 5.44. The fourth-order valence-electron chi connectivity index (χ4n) is 4.71. The lowest BCUT2D eigenvalue weighted by Crippen LogP contribution is -2.67. The maximum Gasteiger partial charge on any atom is 0.0670 e. The zero-order valence-electron chi connectivity index (χ0n) is 13.9. The number of piperidine rings is 1. The molecule has 3 aliphatic rings. The minimum Gasteiger partial charge on any atom is -0.375 e. The summed E-state index contributed by atoms with van der Waals surface area (Å²) in [6, 6.07) is 0.770. The third-order valence-electron chi connectivity index (χ3n) is 6.36. The van der Waals surface area contributed by atoms with Gasteiger partial charge >= 0.3 is 0 Å². The highest BCUT2D eigenvalue weighted by molar-refractivity contribution is 5.03. The number of piperazine rings is 1. The third-order valence-corrected chi connectivity index (χ3v) is 6.36. The molecule has 4 nitrogen and oxygen atoms in total. The van der Waals surface area contributed by atoms with Crippen LogP contribution in [0.2, 0.25) is 0 Å². The molecule has 3 rings (SSSR count). The monoisotopic (exact) mass is 295 g/mol. The molecule has 4 heteroatoms. The van der Waals surface area contributed by atoms with E-state index < -0.39 is 0 Å². The van der Waals surface area contributed by atoms with E-state index in [0.29, 0.717) is 0 Å². The number of fused-ring (bicyclic) bond motifs is 1. The molecule has 0 radical (unpaired) electrons. The van der Waals surface area contributed by atoms with Crippen LogP contribution in [-0.4, -0.2) is 66.3 Å². The largest absolute Gasteiger partial charge is 0.375 e. The maximum absolute atomic E-state index is 6.30. The quantitative estimate of drug-likeness (QED) is 0.862. The molecule has 0 aliphatic carbocycles. The summed E-state index contributed by atoms with van der Waals surface area (Å²) in [5.74, 6) is 0. The lowest BCUT2D eigenvalue weighted by molar-refractivity contribution is -0.140. The van der Waals surface area contributed by atoms with Gasteiger partial charge in [-0.1, -0.05) is 13.3 Å². The molecule has 3 heterocycles. The first-order chi connectivity index (χ1) is 10.1. The van der Waals surface area contributed by atoms with Gasteiger partial charge in [-0.3, -0.25) is 9.80 Å². The standard InChI is InChI=1S/C17H33N3O/c1-3-16(2)13-17(14-18,7-11-21-16)20-10-9-19-8-5-4-6-15(19)12-20/h15H,3-14,18H2,1-2H3. The van der Waals surface area contributed by atoms with Gasteiger partial charge in [0.2, 0.25) is 0 Å². The molecule has 0 bridgehead atoms.